The Balaban J connectivity index is 2.82. The predicted molar refractivity (Wildman–Crippen MR) is 46.1 cm³/mol. The zero-order chi connectivity index (χ0) is 8.10. The number of hydrogen-bond acceptors (Lipinski definition) is 3. The molecule has 0 aliphatic rings. The predicted octanol–water partition coefficient (Wildman–Crippen LogP) is 2.52. The van der Waals surface area contributed by atoms with Crippen LogP contribution in [0, 0.1) is 4.91 Å². The van der Waals surface area contributed by atoms with Crippen LogP contribution in [0.25, 0.3) is 0 Å². The number of hydrogen-bond donors (Lipinski definition) is 1. The minimum Gasteiger partial charge on any atom is -0.385 e. The molecule has 0 aliphatic heterocycles. The molecule has 0 unspecified atom stereocenters. The van der Waals surface area contributed by atoms with Crippen molar-refractivity contribution in [3.05, 3.63) is 29.2 Å². The number of benzene rings is 1. The lowest BCUT2D eigenvalue weighted by Gasteiger charge is -2.00. The van der Waals surface area contributed by atoms with Gasteiger partial charge in [-0.15, -0.1) is 4.91 Å². The molecule has 0 aromatic heterocycles. The lowest BCUT2D eigenvalue weighted by atomic mass is 10.3. The topological polar surface area (TPSA) is 41.5 Å². The van der Waals surface area contributed by atoms with Gasteiger partial charge in [0.05, 0.1) is 0 Å². The largest absolute Gasteiger partial charge is 0.385 e. The zero-order valence-corrected chi connectivity index (χ0v) is 6.37. The summed E-state index contributed by atoms with van der Waals surface area (Å²) in [7, 11) is 0. The summed E-state index contributed by atoms with van der Waals surface area (Å²) in [5, 5.41) is 5.91. The fourth-order valence-corrected chi connectivity index (χ4v) is 0.877. The highest BCUT2D eigenvalue weighted by Gasteiger charge is 1.91. The lowest BCUT2D eigenvalue weighted by molar-refractivity contribution is 1.21. The van der Waals surface area contributed by atoms with Gasteiger partial charge in [0.1, 0.15) is 5.69 Å². The van der Waals surface area contributed by atoms with Crippen LogP contribution in [0.15, 0.2) is 29.4 Å². The van der Waals surface area contributed by atoms with E-state index < -0.39 is 0 Å². The Kier molecular flexibility index (Phi) is 2.60. The summed E-state index contributed by atoms with van der Waals surface area (Å²) < 4.78 is 0. The van der Waals surface area contributed by atoms with Crippen molar-refractivity contribution in [2.45, 2.75) is 6.92 Å². The average molecular weight is 150 g/mol. The third kappa shape index (κ3) is 2.04. The first-order valence-corrected chi connectivity index (χ1v) is 3.54. The highest BCUT2D eigenvalue weighted by molar-refractivity contribution is 5.53. The molecule has 0 amide bonds. The normalized spacial score (nSPS) is 9.18. The van der Waals surface area contributed by atoms with Crippen molar-refractivity contribution < 1.29 is 0 Å². The average Bonchev–Trinajstić information content (AvgIpc) is 2.06. The van der Waals surface area contributed by atoms with Crippen molar-refractivity contribution in [2.24, 2.45) is 5.18 Å². The van der Waals surface area contributed by atoms with E-state index in [-0.39, 0.29) is 0 Å². The smallest absolute Gasteiger partial charge is 0.110 e. The fourth-order valence-electron chi connectivity index (χ4n) is 0.877. The maximum absolute atomic E-state index is 10.1. The van der Waals surface area contributed by atoms with E-state index in [2.05, 4.69) is 10.5 Å². The van der Waals surface area contributed by atoms with Crippen molar-refractivity contribution >= 4 is 11.4 Å². The SMILES string of the molecule is CCNc1cccc(N=O)c1. The van der Waals surface area contributed by atoms with Crippen molar-refractivity contribution in [2.75, 3.05) is 11.9 Å². The molecule has 0 radical (unpaired) electrons. The molecule has 0 saturated heterocycles. The molecule has 0 saturated carbocycles. The van der Waals surface area contributed by atoms with Crippen LogP contribution in [0.4, 0.5) is 11.4 Å². The van der Waals surface area contributed by atoms with Crippen LogP contribution >= 0.6 is 0 Å². The van der Waals surface area contributed by atoms with Crippen LogP contribution in [0.5, 0.6) is 0 Å². The second kappa shape index (κ2) is 3.71. The highest BCUT2D eigenvalue weighted by atomic mass is 16.3. The van der Waals surface area contributed by atoms with Gasteiger partial charge in [0, 0.05) is 12.2 Å². The van der Waals surface area contributed by atoms with E-state index in [4.69, 9.17) is 0 Å². The Hall–Kier alpha value is -1.38. The molecule has 1 aromatic carbocycles. The van der Waals surface area contributed by atoms with E-state index in [1.165, 1.54) is 0 Å². The summed E-state index contributed by atoms with van der Waals surface area (Å²) in [6.45, 7) is 2.85. The minimum absolute atomic E-state index is 0.462. The van der Waals surface area contributed by atoms with Gasteiger partial charge in [-0.25, -0.2) is 0 Å². The molecule has 3 heteroatoms. The first-order chi connectivity index (χ1) is 5.36. The standard InChI is InChI=1S/C8H10N2O/c1-2-9-7-4-3-5-8(6-7)10-11/h3-6,9H,2H2,1H3. The molecule has 0 atom stereocenters. The molecule has 0 fully saturated rings. The van der Waals surface area contributed by atoms with Crippen molar-refractivity contribution in [3.8, 4) is 0 Å². The monoisotopic (exact) mass is 150 g/mol. The maximum Gasteiger partial charge on any atom is 0.110 e. The van der Waals surface area contributed by atoms with Gasteiger partial charge in [-0.3, -0.25) is 0 Å². The molecular weight excluding hydrogens is 140 g/mol. The van der Waals surface area contributed by atoms with Crippen LogP contribution in [0.3, 0.4) is 0 Å². The molecule has 0 aliphatic carbocycles. The number of nitroso groups, excluding NO2 is 1. The third-order valence-electron chi connectivity index (χ3n) is 1.33. The summed E-state index contributed by atoms with van der Waals surface area (Å²) >= 11 is 0. The van der Waals surface area contributed by atoms with Gasteiger partial charge in [0.2, 0.25) is 0 Å². The van der Waals surface area contributed by atoms with E-state index in [0.29, 0.717) is 5.69 Å². The van der Waals surface area contributed by atoms with Gasteiger partial charge < -0.3 is 5.32 Å². The molecule has 1 aromatic rings. The fraction of sp³-hybridized carbons (Fsp3) is 0.250. The van der Waals surface area contributed by atoms with Gasteiger partial charge in [0.25, 0.3) is 0 Å². The van der Waals surface area contributed by atoms with Crippen LogP contribution in [-0.4, -0.2) is 6.54 Å². The van der Waals surface area contributed by atoms with Crippen LogP contribution in [-0.2, 0) is 0 Å². The zero-order valence-electron chi connectivity index (χ0n) is 6.37. The van der Waals surface area contributed by atoms with E-state index in [1.807, 2.05) is 13.0 Å². The quantitative estimate of drug-likeness (QED) is 0.672. The van der Waals surface area contributed by atoms with Gasteiger partial charge in [-0.1, -0.05) is 6.07 Å². The van der Waals surface area contributed by atoms with Crippen molar-refractivity contribution in [1.82, 2.24) is 0 Å². The van der Waals surface area contributed by atoms with Crippen LogP contribution in [0.1, 0.15) is 6.92 Å². The first-order valence-electron chi connectivity index (χ1n) is 3.54. The van der Waals surface area contributed by atoms with Crippen molar-refractivity contribution in [3.63, 3.8) is 0 Å². The second-order valence-corrected chi connectivity index (χ2v) is 2.17. The molecule has 1 rings (SSSR count). The Morgan fingerprint density at radius 2 is 2.36 bits per heavy atom. The van der Waals surface area contributed by atoms with Gasteiger partial charge >= 0.3 is 0 Å². The number of anilines is 1. The molecule has 3 nitrogen and oxygen atoms in total. The maximum atomic E-state index is 10.1. The van der Waals surface area contributed by atoms with Gasteiger partial charge in [-0.2, -0.15) is 0 Å². The van der Waals surface area contributed by atoms with Crippen LogP contribution < -0.4 is 5.32 Å². The second-order valence-electron chi connectivity index (χ2n) is 2.17. The number of nitrogens with one attached hydrogen (secondary N) is 1. The summed E-state index contributed by atoms with van der Waals surface area (Å²) in [6, 6.07) is 7.09. The number of nitrogens with zero attached hydrogens (tertiary/aromatic N) is 1. The molecule has 0 spiro atoms. The minimum atomic E-state index is 0.462. The summed E-state index contributed by atoms with van der Waals surface area (Å²) in [4.78, 5) is 10.1. The Morgan fingerprint density at radius 1 is 1.55 bits per heavy atom. The van der Waals surface area contributed by atoms with E-state index in [0.717, 1.165) is 12.2 Å². The molecule has 0 heterocycles. The Bertz CT molecular complexity index is 248. The summed E-state index contributed by atoms with van der Waals surface area (Å²) in [5.41, 5.74) is 1.40. The molecular formula is C8H10N2O. The Labute approximate surface area is 65.4 Å². The summed E-state index contributed by atoms with van der Waals surface area (Å²) in [6.07, 6.45) is 0. The molecule has 1 N–H and O–H groups in total. The van der Waals surface area contributed by atoms with Crippen LogP contribution in [0.2, 0.25) is 0 Å². The Morgan fingerprint density at radius 3 is 3.00 bits per heavy atom. The lowest BCUT2D eigenvalue weighted by Crippen LogP contribution is -1.94. The molecule has 11 heavy (non-hydrogen) atoms. The van der Waals surface area contributed by atoms with Gasteiger partial charge in [-0.05, 0) is 30.3 Å². The van der Waals surface area contributed by atoms with E-state index in [1.54, 1.807) is 18.2 Å². The summed E-state index contributed by atoms with van der Waals surface area (Å²) in [5.74, 6) is 0. The van der Waals surface area contributed by atoms with E-state index >= 15 is 0 Å². The highest BCUT2D eigenvalue weighted by Crippen LogP contribution is 2.16. The molecule has 58 valence electrons. The molecule has 0 bridgehead atoms. The van der Waals surface area contributed by atoms with Crippen molar-refractivity contribution in [1.29, 1.82) is 0 Å². The third-order valence-corrected chi connectivity index (χ3v) is 1.33. The number of rotatable bonds is 3. The van der Waals surface area contributed by atoms with Gasteiger partial charge in [0.15, 0.2) is 0 Å². The van der Waals surface area contributed by atoms with E-state index in [9.17, 15) is 4.91 Å². The first kappa shape index (κ1) is 7.72.